The number of hydrogen-bond acceptors (Lipinski definition) is 6. The number of ether oxygens (including phenoxy) is 1. The van der Waals surface area contributed by atoms with Gasteiger partial charge in [0.25, 0.3) is 0 Å². The first-order chi connectivity index (χ1) is 10.7. The molecule has 1 atom stereocenters. The highest BCUT2D eigenvalue weighted by molar-refractivity contribution is 5.85. The highest BCUT2D eigenvalue weighted by atomic mass is 35.5. The zero-order valence-electron chi connectivity index (χ0n) is 14.2. The summed E-state index contributed by atoms with van der Waals surface area (Å²) in [7, 11) is 1.96. The molecule has 2 fully saturated rings. The summed E-state index contributed by atoms with van der Waals surface area (Å²) in [6, 6.07) is 0.366. The van der Waals surface area contributed by atoms with Gasteiger partial charge in [0.1, 0.15) is 0 Å². The van der Waals surface area contributed by atoms with Crippen molar-refractivity contribution in [1.29, 1.82) is 0 Å². The van der Waals surface area contributed by atoms with E-state index in [1.54, 1.807) is 0 Å². The Morgan fingerprint density at radius 3 is 2.61 bits per heavy atom. The first-order valence-corrected chi connectivity index (χ1v) is 8.53. The molecule has 3 rings (SSSR count). The van der Waals surface area contributed by atoms with Crippen molar-refractivity contribution in [3.63, 3.8) is 0 Å². The molecule has 2 heterocycles. The largest absolute Gasteiger partial charge is 0.379 e. The molecule has 0 amide bonds. The molecule has 23 heavy (non-hydrogen) atoms. The summed E-state index contributed by atoms with van der Waals surface area (Å²) in [5.74, 6) is 1.61. The van der Waals surface area contributed by atoms with Crippen molar-refractivity contribution in [3.05, 3.63) is 11.7 Å². The number of likely N-dealkylation sites (N-methyl/N-ethyl adjacent to an activating group) is 1. The Kier molecular flexibility index (Phi) is 6.83. The monoisotopic (exact) mass is 344 g/mol. The van der Waals surface area contributed by atoms with E-state index in [-0.39, 0.29) is 17.9 Å². The lowest BCUT2D eigenvalue weighted by atomic mass is 9.90. The number of morpholine rings is 1. The van der Waals surface area contributed by atoms with Crippen molar-refractivity contribution >= 4 is 12.4 Å². The molecule has 7 heteroatoms. The van der Waals surface area contributed by atoms with Gasteiger partial charge in [-0.2, -0.15) is 4.98 Å². The summed E-state index contributed by atoms with van der Waals surface area (Å²) in [6.45, 7) is 5.87. The minimum atomic E-state index is 0. The van der Waals surface area contributed by atoms with Crippen molar-refractivity contribution in [2.75, 3.05) is 33.4 Å². The quantitative estimate of drug-likeness (QED) is 0.849. The zero-order chi connectivity index (χ0) is 15.4. The van der Waals surface area contributed by atoms with Gasteiger partial charge in [-0.15, -0.1) is 12.4 Å². The highest BCUT2D eigenvalue weighted by Gasteiger charge is 2.41. The summed E-state index contributed by atoms with van der Waals surface area (Å²) in [6.07, 6.45) is 6.76. The Bertz CT molecular complexity index is 470. The van der Waals surface area contributed by atoms with E-state index in [1.165, 1.54) is 25.7 Å². The summed E-state index contributed by atoms with van der Waals surface area (Å²) < 4.78 is 11.1. The Hall–Kier alpha value is -0.690. The van der Waals surface area contributed by atoms with Crippen molar-refractivity contribution in [2.24, 2.45) is 0 Å². The molecular weight excluding hydrogens is 316 g/mol. The number of hydrogen-bond donors (Lipinski definition) is 1. The third-order valence-electron chi connectivity index (χ3n) is 5.19. The molecule has 1 unspecified atom stereocenters. The van der Waals surface area contributed by atoms with Crippen LogP contribution in [0.3, 0.4) is 0 Å². The molecule has 0 bridgehead atoms. The van der Waals surface area contributed by atoms with E-state index >= 15 is 0 Å². The standard InChI is InChI=1S/C16H28N4O2.ClH/c1-13(17-2)11-14-18-15(22-19-14)12-16(5-3-4-6-16)20-7-9-21-10-8-20;/h13,17H,3-12H2,1-2H3;1H. The average molecular weight is 345 g/mol. The van der Waals surface area contributed by atoms with Crippen LogP contribution < -0.4 is 5.32 Å². The van der Waals surface area contributed by atoms with E-state index in [0.717, 1.165) is 50.9 Å². The molecule has 0 spiro atoms. The van der Waals surface area contributed by atoms with E-state index < -0.39 is 0 Å². The van der Waals surface area contributed by atoms with Crippen LogP contribution in [0.4, 0.5) is 0 Å². The van der Waals surface area contributed by atoms with Crippen LogP contribution in [0.25, 0.3) is 0 Å². The van der Waals surface area contributed by atoms with E-state index in [1.807, 2.05) is 7.05 Å². The van der Waals surface area contributed by atoms with Gasteiger partial charge in [-0.3, -0.25) is 4.90 Å². The topological polar surface area (TPSA) is 63.4 Å². The normalized spacial score (nSPS) is 22.7. The van der Waals surface area contributed by atoms with Crippen molar-refractivity contribution in [1.82, 2.24) is 20.4 Å². The van der Waals surface area contributed by atoms with E-state index in [2.05, 4.69) is 27.3 Å². The molecule has 1 aliphatic carbocycles. The fraction of sp³-hybridized carbons (Fsp3) is 0.875. The highest BCUT2D eigenvalue weighted by Crippen LogP contribution is 2.38. The number of halogens is 1. The average Bonchev–Trinajstić information content (AvgIpc) is 3.19. The molecular formula is C16H29ClN4O2. The number of rotatable bonds is 6. The lowest BCUT2D eigenvalue weighted by molar-refractivity contribution is -0.0232. The fourth-order valence-electron chi connectivity index (χ4n) is 3.78. The lowest BCUT2D eigenvalue weighted by Gasteiger charge is -2.42. The predicted molar refractivity (Wildman–Crippen MR) is 91.1 cm³/mol. The lowest BCUT2D eigenvalue weighted by Crippen LogP contribution is -2.53. The first kappa shape index (κ1) is 18.6. The van der Waals surface area contributed by atoms with Crippen LogP contribution in [0.2, 0.25) is 0 Å². The predicted octanol–water partition coefficient (Wildman–Crippen LogP) is 1.83. The summed E-state index contributed by atoms with van der Waals surface area (Å²) in [4.78, 5) is 7.23. The Labute approximate surface area is 144 Å². The second-order valence-electron chi connectivity index (χ2n) is 6.71. The van der Waals surface area contributed by atoms with E-state index in [9.17, 15) is 0 Å². The molecule has 6 nitrogen and oxygen atoms in total. The van der Waals surface area contributed by atoms with Gasteiger partial charge in [0.2, 0.25) is 5.89 Å². The molecule has 1 aromatic heterocycles. The molecule has 2 aliphatic rings. The minimum absolute atomic E-state index is 0. The maximum Gasteiger partial charge on any atom is 0.228 e. The molecule has 1 saturated heterocycles. The molecule has 1 saturated carbocycles. The van der Waals surface area contributed by atoms with Crippen molar-refractivity contribution < 1.29 is 9.26 Å². The van der Waals surface area contributed by atoms with Gasteiger partial charge < -0.3 is 14.6 Å². The van der Waals surface area contributed by atoms with Gasteiger partial charge in [0.05, 0.1) is 13.2 Å². The Morgan fingerprint density at radius 2 is 1.96 bits per heavy atom. The number of aromatic nitrogens is 2. The summed E-state index contributed by atoms with van der Waals surface area (Å²) in [5.41, 5.74) is 0.211. The molecule has 1 aromatic rings. The van der Waals surface area contributed by atoms with Gasteiger partial charge in [0, 0.05) is 37.5 Å². The number of nitrogens with one attached hydrogen (secondary N) is 1. The fourth-order valence-corrected chi connectivity index (χ4v) is 3.78. The minimum Gasteiger partial charge on any atom is -0.379 e. The van der Waals surface area contributed by atoms with Crippen molar-refractivity contribution in [3.8, 4) is 0 Å². The van der Waals surface area contributed by atoms with Gasteiger partial charge in [0.15, 0.2) is 5.82 Å². The molecule has 0 radical (unpaired) electrons. The molecule has 1 N–H and O–H groups in total. The van der Waals surface area contributed by atoms with Crippen molar-refractivity contribution in [2.45, 2.75) is 57.0 Å². The second-order valence-corrected chi connectivity index (χ2v) is 6.71. The van der Waals surface area contributed by atoms with Gasteiger partial charge >= 0.3 is 0 Å². The summed E-state index contributed by atoms with van der Waals surface area (Å²) in [5, 5.41) is 7.36. The SMILES string of the molecule is CNC(C)Cc1noc(CC2(N3CCOCC3)CCCC2)n1.Cl. The summed E-state index contributed by atoms with van der Waals surface area (Å²) >= 11 is 0. The maximum atomic E-state index is 5.54. The Morgan fingerprint density at radius 1 is 1.26 bits per heavy atom. The second kappa shape index (κ2) is 8.42. The van der Waals surface area contributed by atoms with Crippen LogP contribution in [0.15, 0.2) is 4.52 Å². The Balaban J connectivity index is 0.00000192. The van der Waals surface area contributed by atoms with E-state index in [4.69, 9.17) is 9.26 Å². The molecule has 1 aliphatic heterocycles. The van der Waals surface area contributed by atoms with Crippen LogP contribution in [-0.2, 0) is 17.6 Å². The van der Waals surface area contributed by atoms with Crippen LogP contribution in [0.1, 0.15) is 44.3 Å². The third-order valence-corrected chi connectivity index (χ3v) is 5.19. The maximum absolute atomic E-state index is 5.54. The van der Waals surface area contributed by atoms with Crippen LogP contribution in [0, 0.1) is 0 Å². The van der Waals surface area contributed by atoms with Gasteiger partial charge in [-0.05, 0) is 26.8 Å². The van der Waals surface area contributed by atoms with Crippen LogP contribution in [0.5, 0.6) is 0 Å². The number of nitrogens with zero attached hydrogens (tertiary/aromatic N) is 3. The van der Waals surface area contributed by atoms with Gasteiger partial charge in [-0.25, -0.2) is 0 Å². The van der Waals surface area contributed by atoms with Crippen LogP contribution >= 0.6 is 12.4 Å². The molecule has 132 valence electrons. The zero-order valence-corrected chi connectivity index (χ0v) is 15.0. The van der Waals surface area contributed by atoms with E-state index in [0.29, 0.717) is 6.04 Å². The first-order valence-electron chi connectivity index (χ1n) is 8.53. The van der Waals surface area contributed by atoms with Gasteiger partial charge in [-0.1, -0.05) is 18.0 Å². The molecule has 0 aromatic carbocycles. The smallest absolute Gasteiger partial charge is 0.228 e. The van der Waals surface area contributed by atoms with Crippen LogP contribution in [-0.4, -0.2) is 60.0 Å². The third kappa shape index (κ3) is 4.44.